The van der Waals surface area contributed by atoms with Crippen LogP contribution < -0.4 is 0 Å². The molecular weight excluding hydrogens is 644 g/mol. The monoisotopic (exact) mass is 665 g/mol. The van der Waals surface area contributed by atoms with Crippen LogP contribution in [0, 0.1) is 54.0 Å². The van der Waals surface area contributed by atoms with Crippen molar-refractivity contribution in [3.05, 3.63) is 70.1 Å². The molecule has 4 rings (SSSR count). The molecule has 7 nitrogen and oxygen atoms in total. The number of rotatable bonds is 3. The number of halogens is 2. The summed E-state index contributed by atoms with van der Waals surface area (Å²) in [5.74, 6) is 0. The summed E-state index contributed by atoms with van der Waals surface area (Å²) in [5, 5.41) is 31.0. The van der Waals surface area contributed by atoms with E-state index >= 15 is 0 Å². The molecule has 0 amide bonds. The van der Waals surface area contributed by atoms with E-state index in [-0.39, 0.29) is 5.69 Å². The number of nitro groups is 1. The predicted molar refractivity (Wildman–Crippen MR) is 146 cm³/mol. The average molecular weight is 665 g/mol. The zero-order chi connectivity index (χ0) is 24.4. The average Bonchev–Trinajstić information content (AvgIpc) is 3.20. The third-order valence-electron chi connectivity index (χ3n) is 5.53. The highest BCUT2D eigenvalue weighted by molar-refractivity contribution is 14.1. The van der Waals surface area contributed by atoms with Gasteiger partial charge in [-0.3, -0.25) is 10.1 Å². The van der Waals surface area contributed by atoms with Gasteiger partial charge in [0.1, 0.15) is 12.1 Å². The number of benzene rings is 2. The van der Waals surface area contributed by atoms with Gasteiger partial charge < -0.3 is 9.13 Å². The Hall–Kier alpha value is -2.64. The molecule has 0 spiro atoms. The van der Waals surface area contributed by atoms with E-state index in [4.69, 9.17) is 5.26 Å². The molecule has 168 valence electrons. The van der Waals surface area contributed by atoms with Crippen molar-refractivity contribution < 1.29 is 4.92 Å². The van der Waals surface area contributed by atoms with Crippen LogP contribution in [0.1, 0.15) is 36.1 Å². The highest BCUT2D eigenvalue weighted by Crippen LogP contribution is 2.32. The van der Waals surface area contributed by atoms with Crippen molar-refractivity contribution in [2.75, 3.05) is 0 Å². The number of hydrogen-bond acceptors (Lipinski definition) is 4. The predicted octanol–water partition coefficient (Wildman–Crippen LogP) is 6.80. The molecule has 0 atom stereocenters. The van der Waals surface area contributed by atoms with E-state index in [1.54, 1.807) is 13.0 Å². The lowest BCUT2D eigenvalue weighted by molar-refractivity contribution is -0.385. The first-order valence-corrected chi connectivity index (χ1v) is 12.4. The standard InChI is InChI=1S/C12H10IN3O2.C12H11IN2/c1-3-15-11-4-7(2)10(16(17)18)5-8(11)9(6-14)12(15)13;1-3-15-11-6-8(2)4-5-9(11)10(7-14)12(15)13/h4-5H,3H2,1-2H3;4-6H,3H2,1-2H3. The third-order valence-corrected chi connectivity index (χ3v) is 7.77. The number of nitriles is 2. The van der Waals surface area contributed by atoms with Crippen LogP contribution in [-0.4, -0.2) is 14.1 Å². The molecule has 2 aromatic carbocycles. The molecule has 2 heterocycles. The molecule has 4 aromatic rings. The summed E-state index contributed by atoms with van der Waals surface area (Å²) in [6.45, 7) is 9.51. The summed E-state index contributed by atoms with van der Waals surface area (Å²) in [4.78, 5) is 10.5. The van der Waals surface area contributed by atoms with Gasteiger partial charge in [0, 0.05) is 35.5 Å². The van der Waals surface area contributed by atoms with Crippen molar-refractivity contribution in [1.29, 1.82) is 10.5 Å². The molecule has 9 heteroatoms. The molecule has 0 aliphatic rings. The van der Waals surface area contributed by atoms with E-state index in [1.165, 1.54) is 17.1 Å². The van der Waals surface area contributed by atoms with Crippen molar-refractivity contribution in [1.82, 2.24) is 9.13 Å². The van der Waals surface area contributed by atoms with Gasteiger partial charge in [0.05, 0.1) is 34.5 Å². The van der Waals surface area contributed by atoms with Crippen LogP contribution in [0.4, 0.5) is 5.69 Å². The van der Waals surface area contributed by atoms with Crippen molar-refractivity contribution in [2.24, 2.45) is 0 Å². The van der Waals surface area contributed by atoms with Gasteiger partial charge in [-0.25, -0.2) is 0 Å². The molecule has 0 fully saturated rings. The number of hydrogen-bond donors (Lipinski definition) is 0. The van der Waals surface area contributed by atoms with Gasteiger partial charge in [0.15, 0.2) is 0 Å². The molecule has 0 saturated heterocycles. The van der Waals surface area contributed by atoms with Crippen molar-refractivity contribution in [3.63, 3.8) is 0 Å². The first-order valence-electron chi connectivity index (χ1n) is 10.2. The van der Waals surface area contributed by atoms with Gasteiger partial charge in [-0.2, -0.15) is 10.5 Å². The van der Waals surface area contributed by atoms with Crippen molar-refractivity contribution in [3.8, 4) is 12.1 Å². The molecule has 2 aromatic heterocycles. The maximum Gasteiger partial charge on any atom is 0.273 e. The number of nitro benzene ring substituents is 1. The highest BCUT2D eigenvalue weighted by atomic mass is 127. The maximum atomic E-state index is 10.9. The summed E-state index contributed by atoms with van der Waals surface area (Å²) < 4.78 is 6.04. The Morgan fingerprint density at radius 2 is 1.42 bits per heavy atom. The first-order chi connectivity index (χ1) is 15.7. The van der Waals surface area contributed by atoms with E-state index in [2.05, 4.69) is 87.9 Å². The minimum Gasteiger partial charge on any atom is -0.335 e. The number of aryl methyl sites for hydroxylation is 4. The minimum absolute atomic E-state index is 0.0589. The lowest BCUT2D eigenvalue weighted by Gasteiger charge is -2.03. The Morgan fingerprint density at radius 3 is 1.91 bits per heavy atom. The summed E-state index contributed by atoms with van der Waals surface area (Å²) in [6, 6.07) is 13.9. The van der Waals surface area contributed by atoms with Crippen LogP contribution in [0.5, 0.6) is 0 Å². The van der Waals surface area contributed by atoms with E-state index in [0.29, 0.717) is 16.5 Å². The van der Waals surface area contributed by atoms with Gasteiger partial charge in [-0.1, -0.05) is 12.1 Å². The normalized spacial score (nSPS) is 10.5. The van der Waals surface area contributed by atoms with Crippen molar-refractivity contribution >= 4 is 72.7 Å². The Labute approximate surface area is 219 Å². The molecule has 0 unspecified atom stereocenters. The van der Waals surface area contributed by atoms with Crippen molar-refractivity contribution in [2.45, 2.75) is 40.8 Å². The highest BCUT2D eigenvalue weighted by Gasteiger charge is 2.20. The minimum atomic E-state index is -0.411. The number of fused-ring (bicyclic) bond motifs is 2. The second-order valence-electron chi connectivity index (χ2n) is 7.48. The van der Waals surface area contributed by atoms with Gasteiger partial charge in [-0.15, -0.1) is 0 Å². The molecule has 0 bridgehead atoms. The number of nitrogens with zero attached hydrogens (tertiary/aromatic N) is 5. The molecule has 33 heavy (non-hydrogen) atoms. The van der Waals surface area contributed by atoms with Crippen LogP contribution in [0.2, 0.25) is 0 Å². The Morgan fingerprint density at radius 1 is 0.909 bits per heavy atom. The molecule has 0 N–H and O–H groups in total. The summed E-state index contributed by atoms with van der Waals surface area (Å²) in [6.07, 6.45) is 0. The van der Waals surface area contributed by atoms with E-state index in [1.807, 2.05) is 17.6 Å². The van der Waals surface area contributed by atoms with Gasteiger partial charge >= 0.3 is 0 Å². The fourth-order valence-electron chi connectivity index (χ4n) is 3.91. The van der Waals surface area contributed by atoms with Crippen LogP contribution in [0.25, 0.3) is 21.8 Å². The molecular formula is C24H21I2N5O2. The zero-order valence-electron chi connectivity index (χ0n) is 18.6. The fourth-order valence-corrected chi connectivity index (χ4v) is 5.94. The maximum absolute atomic E-state index is 10.9. The Kier molecular flexibility index (Phi) is 7.65. The molecule has 0 aliphatic heterocycles. The van der Waals surface area contributed by atoms with Crippen LogP contribution in [0.15, 0.2) is 30.3 Å². The lowest BCUT2D eigenvalue weighted by Crippen LogP contribution is -1.97. The van der Waals surface area contributed by atoms with E-state index in [0.717, 1.165) is 37.0 Å². The number of aromatic nitrogens is 2. The Bertz CT molecular complexity index is 1490. The summed E-state index contributed by atoms with van der Waals surface area (Å²) in [7, 11) is 0. The van der Waals surface area contributed by atoms with E-state index in [9.17, 15) is 15.4 Å². The van der Waals surface area contributed by atoms with Gasteiger partial charge in [0.2, 0.25) is 0 Å². The Balaban J connectivity index is 0.000000189. The van der Waals surface area contributed by atoms with Crippen LogP contribution in [-0.2, 0) is 13.1 Å². The molecule has 0 radical (unpaired) electrons. The largest absolute Gasteiger partial charge is 0.335 e. The molecule has 0 saturated carbocycles. The van der Waals surface area contributed by atoms with Crippen LogP contribution >= 0.6 is 45.2 Å². The lowest BCUT2D eigenvalue weighted by atomic mass is 10.1. The van der Waals surface area contributed by atoms with Crippen LogP contribution in [0.3, 0.4) is 0 Å². The topological polar surface area (TPSA) is 101 Å². The van der Waals surface area contributed by atoms with Gasteiger partial charge in [0.25, 0.3) is 5.69 Å². The molecule has 0 aliphatic carbocycles. The second-order valence-corrected chi connectivity index (χ2v) is 9.52. The zero-order valence-corrected chi connectivity index (χ0v) is 22.9. The first kappa shape index (κ1) is 25.0. The SMILES string of the molecule is CCn1c(I)c(C#N)c2cc([N+](=O)[O-])c(C)cc21.CCn1c(I)c(C#N)c2ccc(C)cc21. The van der Waals surface area contributed by atoms with E-state index < -0.39 is 4.92 Å². The second kappa shape index (κ2) is 10.1. The fraction of sp³-hybridized carbons (Fsp3) is 0.250. The summed E-state index contributed by atoms with van der Waals surface area (Å²) in [5.41, 5.74) is 5.25. The summed E-state index contributed by atoms with van der Waals surface area (Å²) >= 11 is 4.35. The smallest absolute Gasteiger partial charge is 0.273 e. The van der Waals surface area contributed by atoms with Gasteiger partial charge in [-0.05, 0) is 90.6 Å². The quantitative estimate of drug-likeness (QED) is 0.137. The third kappa shape index (κ3) is 4.44.